The third-order valence-corrected chi connectivity index (χ3v) is 5.97. The number of hydrogen-bond acceptors (Lipinski definition) is 3. The Hall–Kier alpha value is -3.61. The van der Waals surface area contributed by atoms with Crippen molar-refractivity contribution in [2.24, 2.45) is 7.05 Å². The van der Waals surface area contributed by atoms with E-state index in [1.165, 1.54) is 0 Å². The van der Waals surface area contributed by atoms with Crippen LogP contribution in [-0.2, 0) is 18.4 Å². The number of H-pyrrole nitrogens is 1. The van der Waals surface area contributed by atoms with Crippen molar-refractivity contribution in [3.63, 3.8) is 0 Å². The fourth-order valence-corrected chi connectivity index (χ4v) is 4.35. The van der Waals surface area contributed by atoms with Gasteiger partial charge in [0.15, 0.2) is 19.8 Å². The average Bonchev–Trinajstić information content (AvgIpc) is 3.36. The molecule has 158 valence electrons. The molecule has 2 aromatic carbocycles. The normalized spacial score (nSPS) is 14.4. The zero-order chi connectivity index (χ0) is 21.4. The summed E-state index contributed by atoms with van der Waals surface area (Å²) in [4.78, 5) is 25.4. The highest BCUT2D eigenvalue weighted by molar-refractivity contribution is 5.83. The molecule has 0 unspecified atom stereocenters. The van der Waals surface area contributed by atoms with Gasteiger partial charge in [-0.05, 0) is 31.2 Å². The molecule has 1 aliphatic rings. The zero-order valence-electron chi connectivity index (χ0n) is 18.0. The predicted octanol–water partition coefficient (Wildman–Crippen LogP) is 2.51. The van der Waals surface area contributed by atoms with Crippen LogP contribution in [0.1, 0.15) is 5.56 Å². The summed E-state index contributed by atoms with van der Waals surface area (Å²) in [6, 6.07) is 16.4. The second-order valence-corrected chi connectivity index (χ2v) is 8.16. The summed E-state index contributed by atoms with van der Waals surface area (Å²) in [6.07, 6.45) is 4.04. The van der Waals surface area contributed by atoms with Crippen LogP contribution < -0.4 is 9.58 Å². The summed E-state index contributed by atoms with van der Waals surface area (Å²) in [5.74, 6) is 1.04. The first-order chi connectivity index (χ1) is 15.1. The van der Waals surface area contributed by atoms with Crippen LogP contribution in [0.5, 0.6) is 0 Å². The van der Waals surface area contributed by atoms with Gasteiger partial charge in [-0.25, -0.2) is 4.98 Å². The van der Waals surface area contributed by atoms with E-state index in [1.807, 2.05) is 71.0 Å². The number of hydrogen-bond donors (Lipinski definition) is 1. The van der Waals surface area contributed by atoms with Crippen LogP contribution in [0, 0.1) is 6.92 Å². The number of amides is 1. The molecule has 1 amide bonds. The number of piperazine rings is 1. The number of carbonyl (C=O) groups is 1. The van der Waals surface area contributed by atoms with E-state index in [-0.39, 0.29) is 5.91 Å². The summed E-state index contributed by atoms with van der Waals surface area (Å²) in [6.45, 7) is 5.47. The molecule has 3 heterocycles. The van der Waals surface area contributed by atoms with E-state index in [0.717, 1.165) is 59.9 Å². The summed E-state index contributed by atoms with van der Waals surface area (Å²) >= 11 is 0. The first-order valence-corrected chi connectivity index (χ1v) is 10.7. The van der Waals surface area contributed by atoms with Crippen molar-refractivity contribution in [2.45, 2.75) is 13.5 Å². The quantitative estimate of drug-likeness (QED) is 0.521. The van der Waals surface area contributed by atoms with Gasteiger partial charge in [-0.15, -0.1) is 4.68 Å². The molecule has 1 fully saturated rings. The minimum Gasteiger partial charge on any atom is -0.367 e. The van der Waals surface area contributed by atoms with Gasteiger partial charge in [-0.1, -0.05) is 24.3 Å². The number of rotatable bonds is 4. The van der Waals surface area contributed by atoms with Crippen molar-refractivity contribution >= 4 is 22.6 Å². The Morgan fingerprint density at radius 3 is 2.55 bits per heavy atom. The number of fused-ring (bicyclic) bond motifs is 1. The van der Waals surface area contributed by atoms with E-state index >= 15 is 0 Å². The van der Waals surface area contributed by atoms with Crippen molar-refractivity contribution in [2.75, 3.05) is 31.1 Å². The van der Waals surface area contributed by atoms with Gasteiger partial charge in [-0.2, -0.15) is 4.68 Å². The lowest BCUT2D eigenvalue weighted by molar-refractivity contribution is -0.752. The van der Waals surface area contributed by atoms with Crippen LogP contribution in [0.25, 0.3) is 22.4 Å². The Balaban J connectivity index is 1.31. The molecule has 4 aromatic rings. The number of aromatic amines is 1. The number of nitrogens with zero attached hydrogens (tertiary/aromatic N) is 5. The van der Waals surface area contributed by atoms with Gasteiger partial charge in [0.2, 0.25) is 5.91 Å². The van der Waals surface area contributed by atoms with Gasteiger partial charge in [0.05, 0.1) is 17.2 Å². The van der Waals surface area contributed by atoms with Crippen LogP contribution in [0.4, 0.5) is 5.69 Å². The number of carbonyl (C=O) groups excluding carboxylic acids is 1. The maximum Gasteiger partial charge on any atom is 0.248 e. The van der Waals surface area contributed by atoms with Gasteiger partial charge in [0.1, 0.15) is 5.82 Å². The Morgan fingerprint density at radius 1 is 1.06 bits per heavy atom. The Bertz CT molecular complexity index is 1200. The standard InChI is InChI=1S/C24H27N6O/c1-18-15-27(2)30(16-18)17-23(31)29-13-11-28(12-14-29)22-10-6-3-7-19(22)24-25-20-8-4-5-9-21(20)26-24/h3-10,15-16H,11-14,17H2,1-2H3,(H,25,26)/q+1. The van der Waals surface area contributed by atoms with Gasteiger partial charge in [-0.3, -0.25) is 4.79 Å². The maximum atomic E-state index is 12.8. The first kappa shape index (κ1) is 19.4. The maximum absolute atomic E-state index is 12.8. The number of aromatic nitrogens is 4. The Labute approximate surface area is 181 Å². The third-order valence-electron chi connectivity index (χ3n) is 5.97. The number of nitrogens with one attached hydrogen (secondary N) is 1. The van der Waals surface area contributed by atoms with Gasteiger partial charge < -0.3 is 14.8 Å². The minimum absolute atomic E-state index is 0.163. The number of imidazole rings is 1. The zero-order valence-corrected chi connectivity index (χ0v) is 18.0. The van der Waals surface area contributed by atoms with Crippen molar-refractivity contribution in [1.82, 2.24) is 19.5 Å². The van der Waals surface area contributed by atoms with Crippen molar-refractivity contribution in [3.05, 3.63) is 66.5 Å². The van der Waals surface area contributed by atoms with E-state index in [9.17, 15) is 4.79 Å². The predicted molar refractivity (Wildman–Crippen MR) is 121 cm³/mol. The number of aryl methyl sites for hydroxylation is 2. The lowest BCUT2D eigenvalue weighted by Crippen LogP contribution is -2.51. The lowest BCUT2D eigenvalue weighted by Gasteiger charge is -2.36. The first-order valence-electron chi connectivity index (χ1n) is 10.7. The van der Waals surface area contributed by atoms with Crippen LogP contribution in [0.15, 0.2) is 60.9 Å². The average molecular weight is 416 g/mol. The van der Waals surface area contributed by atoms with E-state index < -0.39 is 0 Å². The highest BCUT2D eigenvalue weighted by Gasteiger charge is 2.24. The monoisotopic (exact) mass is 415 g/mol. The second-order valence-electron chi connectivity index (χ2n) is 8.16. The SMILES string of the molecule is Cc1cn(CC(=O)N2CCN(c3ccccc3-c3nc4ccccc4[nH]3)CC2)[n+](C)c1. The number of anilines is 1. The molecule has 0 bridgehead atoms. The van der Waals surface area contributed by atoms with E-state index in [4.69, 9.17) is 4.98 Å². The smallest absolute Gasteiger partial charge is 0.248 e. The molecule has 1 saturated heterocycles. The van der Waals surface area contributed by atoms with E-state index in [2.05, 4.69) is 28.1 Å². The molecule has 1 N–H and O–H groups in total. The molecule has 7 heteroatoms. The molecule has 2 aromatic heterocycles. The molecular weight excluding hydrogens is 388 g/mol. The highest BCUT2D eigenvalue weighted by Crippen LogP contribution is 2.31. The largest absolute Gasteiger partial charge is 0.367 e. The summed E-state index contributed by atoms with van der Waals surface area (Å²) in [7, 11) is 1.97. The Morgan fingerprint density at radius 2 is 1.81 bits per heavy atom. The van der Waals surface area contributed by atoms with Gasteiger partial charge >= 0.3 is 0 Å². The summed E-state index contributed by atoms with van der Waals surface area (Å²) in [5, 5.41) is 0. The Kier molecular flexibility index (Phi) is 4.94. The number of para-hydroxylation sites is 3. The van der Waals surface area contributed by atoms with Gasteiger partial charge in [0, 0.05) is 43.0 Å². The lowest BCUT2D eigenvalue weighted by atomic mass is 10.1. The van der Waals surface area contributed by atoms with Gasteiger partial charge in [0.25, 0.3) is 0 Å². The fraction of sp³-hybridized carbons (Fsp3) is 0.292. The molecule has 31 heavy (non-hydrogen) atoms. The topological polar surface area (TPSA) is 61.0 Å². The molecule has 7 nitrogen and oxygen atoms in total. The molecule has 0 spiro atoms. The molecule has 0 radical (unpaired) electrons. The van der Waals surface area contributed by atoms with Crippen molar-refractivity contribution in [1.29, 1.82) is 0 Å². The molecular formula is C24H27N6O+. The second kappa shape index (κ2) is 7.91. The minimum atomic E-state index is 0.163. The molecule has 1 aliphatic heterocycles. The van der Waals surface area contributed by atoms with Crippen LogP contribution >= 0.6 is 0 Å². The molecule has 5 rings (SSSR count). The van der Waals surface area contributed by atoms with Crippen molar-refractivity contribution in [3.8, 4) is 11.4 Å². The van der Waals surface area contributed by atoms with Crippen LogP contribution in [-0.4, -0.2) is 51.6 Å². The number of benzene rings is 2. The van der Waals surface area contributed by atoms with E-state index in [1.54, 1.807) is 0 Å². The summed E-state index contributed by atoms with van der Waals surface area (Å²) < 4.78 is 3.92. The van der Waals surface area contributed by atoms with E-state index in [0.29, 0.717) is 6.54 Å². The van der Waals surface area contributed by atoms with Crippen LogP contribution in [0.2, 0.25) is 0 Å². The molecule has 0 aliphatic carbocycles. The third kappa shape index (κ3) is 3.79. The fourth-order valence-electron chi connectivity index (χ4n) is 4.35. The van der Waals surface area contributed by atoms with Crippen molar-refractivity contribution < 1.29 is 9.48 Å². The van der Waals surface area contributed by atoms with Crippen LogP contribution in [0.3, 0.4) is 0 Å². The molecule has 0 atom stereocenters. The highest BCUT2D eigenvalue weighted by atomic mass is 16.2. The summed E-state index contributed by atoms with van der Waals surface area (Å²) in [5.41, 5.74) is 5.41. The molecule has 0 saturated carbocycles.